The third-order valence-corrected chi connectivity index (χ3v) is 8.25. The van der Waals surface area contributed by atoms with Crippen molar-refractivity contribution < 1.29 is 26.3 Å². The number of hydrogen-bond acceptors (Lipinski definition) is 6. The normalized spacial score (nSPS) is 16.1. The number of ether oxygens (including phenoxy) is 2. The molecule has 0 unspecified atom stereocenters. The van der Waals surface area contributed by atoms with Crippen molar-refractivity contribution in [1.82, 2.24) is 4.31 Å². The van der Waals surface area contributed by atoms with Crippen LogP contribution in [-0.4, -0.2) is 53.7 Å². The van der Waals surface area contributed by atoms with E-state index < -0.39 is 25.1 Å². The summed E-state index contributed by atoms with van der Waals surface area (Å²) in [5.74, 6) is 0.980. The van der Waals surface area contributed by atoms with Gasteiger partial charge in [-0.2, -0.15) is 4.31 Å². The Morgan fingerprint density at radius 2 is 1.46 bits per heavy atom. The molecule has 140 valence electrons. The third kappa shape index (κ3) is 3.29. The van der Waals surface area contributed by atoms with Gasteiger partial charge in [0.1, 0.15) is 11.5 Å². The minimum Gasteiger partial charge on any atom is -0.497 e. The van der Waals surface area contributed by atoms with Crippen molar-refractivity contribution in [3.8, 4) is 11.5 Å². The SMILES string of the molecule is COc1ccc(S(=O)(=O)C2CN(S(=O)(=O)c3cccc(OC)c3)C2)cc1. The Morgan fingerprint density at radius 1 is 0.846 bits per heavy atom. The summed E-state index contributed by atoms with van der Waals surface area (Å²) in [6, 6.07) is 12.2. The van der Waals surface area contributed by atoms with Crippen LogP contribution in [0.2, 0.25) is 0 Å². The smallest absolute Gasteiger partial charge is 0.243 e. The number of methoxy groups -OCH3 is 2. The van der Waals surface area contributed by atoms with Gasteiger partial charge in [-0.15, -0.1) is 0 Å². The fourth-order valence-corrected chi connectivity index (χ4v) is 6.07. The summed E-state index contributed by atoms with van der Waals surface area (Å²) in [7, 11) is -4.41. The van der Waals surface area contributed by atoms with Gasteiger partial charge in [-0.3, -0.25) is 0 Å². The van der Waals surface area contributed by atoms with Gasteiger partial charge in [0.05, 0.1) is 29.3 Å². The first-order chi connectivity index (χ1) is 12.3. The lowest BCUT2D eigenvalue weighted by Gasteiger charge is -2.37. The van der Waals surface area contributed by atoms with Gasteiger partial charge in [0.2, 0.25) is 10.0 Å². The molecule has 1 fully saturated rings. The number of nitrogens with zero attached hydrogens (tertiary/aromatic N) is 1. The molecule has 0 atom stereocenters. The summed E-state index contributed by atoms with van der Waals surface area (Å²) in [5.41, 5.74) is 0. The Labute approximate surface area is 153 Å². The predicted molar refractivity (Wildman–Crippen MR) is 95.7 cm³/mol. The highest BCUT2D eigenvalue weighted by Gasteiger charge is 2.44. The quantitative estimate of drug-likeness (QED) is 0.735. The minimum atomic E-state index is -3.75. The van der Waals surface area contributed by atoms with E-state index in [0.29, 0.717) is 11.5 Å². The summed E-state index contributed by atoms with van der Waals surface area (Å²) in [6.07, 6.45) is 0. The van der Waals surface area contributed by atoms with Crippen LogP contribution in [0.25, 0.3) is 0 Å². The zero-order valence-electron chi connectivity index (χ0n) is 14.3. The van der Waals surface area contributed by atoms with Crippen molar-refractivity contribution in [2.75, 3.05) is 27.3 Å². The molecule has 9 heteroatoms. The molecule has 0 saturated carbocycles. The maximum atomic E-state index is 12.6. The lowest BCUT2D eigenvalue weighted by molar-refractivity contribution is 0.309. The lowest BCUT2D eigenvalue weighted by atomic mass is 10.3. The third-order valence-electron chi connectivity index (χ3n) is 4.32. The topological polar surface area (TPSA) is 90.0 Å². The molecule has 26 heavy (non-hydrogen) atoms. The molecule has 1 aliphatic heterocycles. The first kappa shape index (κ1) is 18.7. The second-order valence-electron chi connectivity index (χ2n) is 5.84. The van der Waals surface area contributed by atoms with E-state index in [-0.39, 0.29) is 22.9 Å². The van der Waals surface area contributed by atoms with Crippen LogP contribution >= 0.6 is 0 Å². The summed E-state index contributed by atoms with van der Waals surface area (Å²) >= 11 is 0. The second kappa shape index (κ2) is 6.90. The van der Waals surface area contributed by atoms with Gasteiger partial charge in [-0.1, -0.05) is 6.07 Å². The van der Waals surface area contributed by atoms with E-state index in [0.717, 1.165) is 4.31 Å². The van der Waals surface area contributed by atoms with Gasteiger partial charge >= 0.3 is 0 Å². The summed E-state index contributed by atoms with van der Waals surface area (Å²) in [4.78, 5) is 0.235. The van der Waals surface area contributed by atoms with E-state index in [1.807, 2.05) is 0 Å². The van der Waals surface area contributed by atoms with Crippen LogP contribution in [0.4, 0.5) is 0 Å². The molecule has 1 aliphatic rings. The average molecular weight is 397 g/mol. The minimum absolute atomic E-state index is 0.0755. The Balaban J connectivity index is 1.76. The molecule has 0 spiro atoms. The molecule has 0 aliphatic carbocycles. The molecule has 2 aromatic carbocycles. The largest absolute Gasteiger partial charge is 0.497 e. The molecule has 1 heterocycles. The molecular formula is C17H19NO6S2. The molecule has 7 nitrogen and oxygen atoms in total. The van der Waals surface area contributed by atoms with Crippen LogP contribution in [0, 0.1) is 0 Å². The van der Waals surface area contributed by atoms with E-state index in [9.17, 15) is 16.8 Å². The number of sulfone groups is 1. The number of rotatable bonds is 6. The standard InChI is InChI=1S/C17H19NO6S2/c1-23-13-6-8-15(9-7-13)25(19,20)17-11-18(12-17)26(21,22)16-5-3-4-14(10-16)24-2/h3-10,17H,11-12H2,1-2H3. The zero-order chi connectivity index (χ0) is 18.9. The van der Waals surface area contributed by atoms with Gasteiger partial charge in [-0.05, 0) is 36.4 Å². The van der Waals surface area contributed by atoms with Gasteiger partial charge in [0.15, 0.2) is 9.84 Å². The predicted octanol–water partition coefficient (Wildman–Crippen LogP) is 1.55. The molecule has 0 bridgehead atoms. The molecule has 3 rings (SSSR count). The first-order valence-electron chi connectivity index (χ1n) is 7.81. The summed E-state index contributed by atoms with van der Waals surface area (Å²) in [6.45, 7) is -0.151. The lowest BCUT2D eigenvalue weighted by Crippen LogP contribution is -2.56. The van der Waals surface area contributed by atoms with Crippen LogP contribution < -0.4 is 9.47 Å². The fourth-order valence-electron chi connectivity index (χ4n) is 2.66. The highest BCUT2D eigenvalue weighted by Crippen LogP contribution is 2.30. The Kier molecular flexibility index (Phi) is 4.96. The van der Waals surface area contributed by atoms with E-state index in [2.05, 4.69) is 0 Å². The molecule has 0 radical (unpaired) electrons. The fraction of sp³-hybridized carbons (Fsp3) is 0.294. The Bertz CT molecular complexity index is 994. The van der Waals surface area contributed by atoms with Crippen LogP contribution in [0.15, 0.2) is 58.3 Å². The van der Waals surface area contributed by atoms with Crippen LogP contribution in [0.5, 0.6) is 11.5 Å². The number of hydrogen-bond donors (Lipinski definition) is 0. The molecule has 0 amide bonds. The summed E-state index contributed by atoms with van der Waals surface area (Å²) < 4.78 is 61.8. The maximum Gasteiger partial charge on any atom is 0.243 e. The molecule has 0 N–H and O–H groups in total. The van der Waals surface area contributed by atoms with Gasteiger partial charge in [-0.25, -0.2) is 16.8 Å². The molecule has 0 aromatic heterocycles. The van der Waals surface area contributed by atoms with Crippen LogP contribution in [-0.2, 0) is 19.9 Å². The van der Waals surface area contributed by atoms with Gasteiger partial charge in [0, 0.05) is 19.2 Å². The number of sulfonamides is 1. The van der Waals surface area contributed by atoms with Crippen molar-refractivity contribution in [1.29, 1.82) is 0 Å². The van der Waals surface area contributed by atoms with Crippen LogP contribution in [0.3, 0.4) is 0 Å². The van der Waals surface area contributed by atoms with Gasteiger partial charge in [0.25, 0.3) is 0 Å². The van der Waals surface area contributed by atoms with Crippen molar-refractivity contribution in [2.45, 2.75) is 15.0 Å². The van der Waals surface area contributed by atoms with Crippen molar-refractivity contribution >= 4 is 19.9 Å². The number of benzene rings is 2. The Hall–Kier alpha value is -2.10. The highest BCUT2D eigenvalue weighted by molar-refractivity contribution is 7.92. The second-order valence-corrected chi connectivity index (χ2v) is 10.0. The molecule has 1 saturated heterocycles. The van der Waals surface area contributed by atoms with E-state index in [1.165, 1.54) is 38.5 Å². The maximum absolute atomic E-state index is 12.6. The van der Waals surface area contributed by atoms with Crippen molar-refractivity contribution in [3.05, 3.63) is 48.5 Å². The van der Waals surface area contributed by atoms with Gasteiger partial charge < -0.3 is 9.47 Å². The van der Waals surface area contributed by atoms with E-state index in [4.69, 9.17) is 9.47 Å². The molecular weight excluding hydrogens is 378 g/mol. The Morgan fingerprint density at radius 3 is 2.04 bits per heavy atom. The highest BCUT2D eigenvalue weighted by atomic mass is 32.2. The average Bonchev–Trinajstić information content (AvgIpc) is 2.60. The molecule has 2 aromatic rings. The zero-order valence-corrected chi connectivity index (χ0v) is 16.0. The van der Waals surface area contributed by atoms with E-state index in [1.54, 1.807) is 24.3 Å². The monoisotopic (exact) mass is 397 g/mol. The first-order valence-corrected chi connectivity index (χ1v) is 10.8. The van der Waals surface area contributed by atoms with Crippen LogP contribution in [0.1, 0.15) is 0 Å². The summed E-state index contributed by atoms with van der Waals surface area (Å²) in [5, 5.41) is -0.767. The van der Waals surface area contributed by atoms with Crippen molar-refractivity contribution in [3.63, 3.8) is 0 Å². The van der Waals surface area contributed by atoms with Crippen molar-refractivity contribution in [2.24, 2.45) is 0 Å². The van der Waals surface area contributed by atoms with E-state index >= 15 is 0 Å².